The molecular weight excluding hydrogens is 248 g/mol. The highest BCUT2D eigenvalue weighted by atomic mass is 15.3. The van der Waals surface area contributed by atoms with Crippen molar-refractivity contribution in [3.8, 4) is 11.1 Å². The van der Waals surface area contributed by atoms with Gasteiger partial charge in [0.05, 0.1) is 5.69 Å². The Balaban J connectivity index is 2.26. The van der Waals surface area contributed by atoms with Crippen molar-refractivity contribution >= 4 is 0 Å². The van der Waals surface area contributed by atoms with Crippen LogP contribution in [0, 0.1) is 0 Å². The van der Waals surface area contributed by atoms with Crippen LogP contribution < -0.4 is 5.32 Å². The second-order valence-corrected chi connectivity index (χ2v) is 5.52. The van der Waals surface area contributed by atoms with Crippen molar-refractivity contribution in [2.24, 2.45) is 7.05 Å². The maximum Gasteiger partial charge on any atom is 0.0728 e. The van der Waals surface area contributed by atoms with Crippen molar-refractivity contribution in [2.45, 2.75) is 39.7 Å². The molecule has 108 valence electrons. The first-order valence-corrected chi connectivity index (χ1v) is 7.30. The smallest absolute Gasteiger partial charge is 0.0728 e. The molecule has 2 aromatic heterocycles. The summed E-state index contributed by atoms with van der Waals surface area (Å²) in [6.07, 6.45) is 7.08. The lowest BCUT2D eigenvalue weighted by molar-refractivity contribution is 0.674. The summed E-state index contributed by atoms with van der Waals surface area (Å²) in [5, 5.41) is 7.98. The molecule has 0 unspecified atom stereocenters. The number of hydrogen-bond donors (Lipinski definition) is 1. The highest BCUT2D eigenvalue weighted by molar-refractivity contribution is 5.65. The maximum absolute atomic E-state index is 4.56. The Bertz CT molecular complexity index is 557. The number of aryl methyl sites for hydroxylation is 1. The van der Waals surface area contributed by atoms with E-state index < -0.39 is 0 Å². The quantitative estimate of drug-likeness (QED) is 0.822. The van der Waals surface area contributed by atoms with Crippen molar-refractivity contribution in [3.05, 3.63) is 35.9 Å². The molecule has 2 aromatic rings. The van der Waals surface area contributed by atoms with Crippen LogP contribution in [-0.4, -0.2) is 21.3 Å². The van der Waals surface area contributed by atoms with Crippen LogP contribution in [0.4, 0.5) is 0 Å². The van der Waals surface area contributed by atoms with Gasteiger partial charge < -0.3 is 5.32 Å². The van der Waals surface area contributed by atoms with Gasteiger partial charge in [0.2, 0.25) is 0 Å². The highest BCUT2D eigenvalue weighted by Gasteiger charge is 2.13. The molecule has 0 aliphatic heterocycles. The van der Waals surface area contributed by atoms with Crippen molar-refractivity contribution in [1.82, 2.24) is 20.1 Å². The van der Waals surface area contributed by atoms with Crippen LogP contribution in [0.1, 0.15) is 44.4 Å². The molecule has 0 spiro atoms. The Kier molecular flexibility index (Phi) is 4.90. The lowest BCUT2D eigenvalue weighted by Crippen LogP contribution is -2.13. The lowest BCUT2D eigenvalue weighted by atomic mass is 10.0. The van der Waals surface area contributed by atoms with Gasteiger partial charge in [-0.05, 0) is 30.5 Å². The van der Waals surface area contributed by atoms with Crippen LogP contribution >= 0.6 is 0 Å². The number of hydrogen-bond acceptors (Lipinski definition) is 3. The summed E-state index contributed by atoms with van der Waals surface area (Å²) >= 11 is 0. The summed E-state index contributed by atoms with van der Waals surface area (Å²) in [5.41, 5.74) is 4.69. The third-order valence-corrected chi connectivity index (χ3v) is 3.27. The van der Waals surface area contributed by atoms with Gasteiger partial charge in [0.15, 0.2) is 0 Å². The molecule has 0 aliphatic carbocycles. The summed E-state index contributed by atoms with van der Waals surface area (Å²) in [6.45, 7) is 8.42. The standard InChI is InChI=1S/C16H24N4/c1-5-6-17-8-13-7-14(10-18-9-13)15-11-20(4)19-16(15)12(2)3/h7,9-12,17H,5-6,8H2,1-4H3. The second-order valence-electron chi connectivity index (χ2n) is 5.52. The fourth-order valence-electron chi connectivity index (χ4n) is 2.30. The van der Waals surface area contributed by atoms with E-state index in [0.29, 0.717) is 5.92 Å². The molecule has 2 rings (SSSR count). The van der Waals surface area contributed by atoms with Gasteiger partial charge in [0.1, 0.15) is 0 Å². The molecular formula is C16H24N4. The van der Waals surface area contributed by atoms with E-state index in [-0.39, 0.29) is 0 Å². The zero-order chi connectivity index (χ0) is 14.5. The van der Waals surface area contributed by atoms with Crippen LogP contribution in [0.2, 0.25) is 0 Å². The molecule has 0 aromatic carbocycles. The molecule has 4 heteroatoms. The van der Waals surface area contributed by atoms with E-state index in [9.17, 15) is 0 Å². The first-order chi connectivity index (χ1) is 9.61. The number of nitrogens with zero attached hydrogens (tertiary/aromatic N) is 3. The van der Waals surface area contributed by atoms with Crippen molar-refractivity contribution in [3.63, 3.8) is 0 Å². The molecule has 0 saturated carbocycles. The molecule has 0 amide bonds. The minimum atomic E-state index is 0.410. The first-order valence-electron chi connectivity index (χ1n) is 7.30. The van der Waals surface area contributed by atoms with Crippen LogP contribution in [0.3, 0.4) is 0 Å². The van der Waals surface area contributed by atoms with E-state index in [1.165, 1.54) is 11.1 Å². The molecule has 1 N–H and O–H groups in total. The van der Waals surface area contributed by atoms with Crippen molar-refractivity contribution in [2.75, 3.05) is 6.54 Å². The number of nitrogens with one attached hydrogen (secondary N) is 1. The molecule has 0 bridgehead atoms. The molecule has 0 atom stereocenters. The Morgan fingerprint density at radius 3 is 2.80 bits per heavy atom. The van der Waals surface area contributed by atoms with E-state index in [2.05, 4.69) is 48.4 Å². The third kappa shape index (κ3) is 3.45. The summed E-state index contributed by atoms with van der Waals surface area (Å²) in [4.78, 5) is 4.37. The second kappa shape index (κ2) is 6.66. The van der Waals surface area contributed by atoms with E-state index in [0.717, 1.165) is 30.8 Å². The zero-order valence-electron chi connectivity index (χ0n) is 12.8. The summed E-state index contributed by atoms with van der Waals surface area (Å²) in [6, 6.07) is 2.21. The van der Waals surface area contributed by atoms with Gasteiger partial charge in [-0.1, -0.05) is 20.8 Å². The van der Waals surface area contributed by atoms with Gasteiger partial charge in [-0.2, -0.15) is 5.10 Å². The maximum atomic E-state index is 4.56. The molecule has 0 radical (unpaired) electrons. The minimum absolute atomic E-state index is 0.410. The van der Waals surface area contributed by atoms with Gasteiger partial charge >= 0.3 is 0 Å². The topological polar surface area (TPSA) is 42.7 Å². The largest absolute Gasteiger partial charge is 0.313 e. The Morgan fingerprint density at radius 2 is 2.10 bits per heavy atom. The SMILES string of the molecule is CCCNCc1cncc(-c2cn(C)nc2C(C)C)c1. The molecule has 2 heterocycles. The van der Waals surface area contributed by atoms with Crippen molar-refractivity contribution < 1.29 is 0 Å². The molecule has 20 heavy (non-hydrogen) atoms. The summed E-state index contributed by atoms with van der Waals surface area (Å²) < 4.78 is 1.88. The molecule has 0 fully saturated rings. The fraction of sp³-hybridized carbons (Fsp3) is 0.500. The van der Waals surface area contributed by atoms with Gasteiger partial charge in [-0.25, -0.2) is 0 Å². The predicted octanol–water partition coefficient (Wildman–Crippen LogP) is 3.11. The lowest BCUT2D eigenvalue weighted by Gasteiger charge is -2.07. The molecule has 4 nitrogen and oxygen atoms in total. The monoisotopic (exact) mass is 272 g/mol. The zero-order valence-corrected chi connectivity index (χ0v) is 12.8. The normalized spacial score (nSPS) is 11.2. The summed E-state index contributed by atoms with van der Waals surface area (Å²) in [5.74, 6) is 0.410. The third-order valence-electron chi connectivity index (χ3n) is 3.27. The average molecular weight is 272 g/mol. The number of aromatic nitrogens is 3. The van der Waals surface area contributed by atoms with Crippen LogP contribution in [0.25, 0.3) is 11.1 Å². The van der Waals surface area contributed by atoms with Crippen LogP contribution in [-0.2, 0) is 13.6 Å². The van der Waals surface area contributed by atoms with Crippen LogP contribution in [0.15, 0.2) is 24.7 Å². The van der Waals surface area contributed by atoms with E-state index >= 15 is 0 Å². The average Bonchev–Trinajstić information content (AvgIpc) is 2.82. The first kappa shape index (κ1) is 14.7. The Morgan fingerprint density at radius 1 is 1.30 bits per heavy atom. The van der Waals surface area contributed by atoms with E-state index in [4.69, 9.17) is 0 Å². The fourth-order valence-corrected chi connectivity index (χ4v) is 2.30. The van der Waals surface area contributed by atoms with E-state index in [1.807, 2.05) is 24.1 Å². The highest BCUT2D eigenvalue weighted by Crippen LogP contribution is 2.27. The van der Waals surface area contributed by atoms with Crippen molar-refractivity contribution in [1.29, 1.82) is 0 Å². The molecule has 0 saturated heterocycles. The molecule has 0 aliphatic rings. The van der Waals surface area contributed by atoms with Gasteiger partial charge in [0.25, 0.3) is 0 Å². The van der Waals surface area contributed by atoms with Crippen LogP contribution in [0.5, 0.6) is 0 Å². The van der Waals surface area contributed by atoms with E-state index in [1.54, 1.807) is 0 Å². The van der Waals surface area contributed by atoms with Gasteiger partial charge in [0, 0.05) is 43.3 Å². The summed E-state index contributed by atoms with van der Waals surface area (Å²) in [7, 11) is 1.97. The predicted molar refractivity (Wildman–Crippen MR) is 82.5 cm³/mol. The van der Waals surface area contributed by atoms with Gasteiger partial charge in [-0.3, -0.25) is 9.67 Å². The number of rotatable bonds is 6. The minimum Gasteiger partial charge on any atom is -0.313 e. The Labute approximate surface area is 121 Å². The Hall–Kier alpha value is -1.68. The number of pyridine rings is 1. The van der Waals surface area contributed by atoms with Gasteiger partial charge in [-0.15, -0.1) is 0 Å².